The summed E-state index contributed by atoms with van der Waals surface area (Å²) in [7, 11) is 0. The van der Waals surface area contributed by atoms with Crippen molar-refractivity contribution in [3.8, 4) is 0 Å². The number of nitrogens with one attached hydrogen (secondary N) is 4. The third-order valence-electron chi connectivity index (χ3n) is 6.55. The van der Waals surface area contributed by atoms with E-state index < -0.39 is 73.4 Å². The van der Waals surface area contributed by atoms with E-state index >= 15 is 0 Å². The van der Waals surface area contributed by atoms with Crippen molar-refractivity contribution in [2.45, 2.75) is 65.5 Å². The summed E-state index contributed by atoms with van der Waals surface area (Å²) in [6, 6.07) is -0.161. The van der Waals surface area contributed by atoms with E-state index in [1.165, 1.54) is 0 Å². The zero-order valence-electron chi connectivity index (χ0n) is 27.4. The summed E-state index contributed by atoms with van der Waals surface area (Å²) < 4.78 is 0. The number of imide groups is 2. The molecule has 0 aromatic carbocycles. The summed E-state index contributed by atoms with van der Waals surface area (Å²) >= 11 is 0. The quantitative estimate of drug-likeness (QED) is 0.0665. The molecule has 0 unspecified atom stereocenters. The molecule has 0 atom stereocenters. The van der Waals surface area contributed by atoms with E-state index in [4.69, 9.17) is 0 Å². The van der Waals surface area contributed by atoms with Gasteiger partial charge in [0.2, 0.25) is 23.6 Å². The first-order valence-electron chi connectivity index (χ1n) is 15.4. The van der Waals surface area contributed by atoms with Crippen LogP contribution in [0.25, 0.3) is 0 Å². The Morgan fingerprint density at radius 2 is 0.875 bits per heavy atom. The van der Waals surface area contributed by atoms with Crippen LogP contribution in [0.1, 0.15) is 53.4 Å². The van der Waals surface area contributed by atoms with Gasteiger partial charge >= 0.3 is 0 Å². The topological polar surface area (TPSA) is 232 Å². The molecule has 0 radical (unpaired) electrons. The Labute approximate surface area is 277 Å². The SMILES string of the molecule is CC(C)NC(=O)CCCNC(=O)CN(C(=O)CN1C(=O)C=CC1=O)N(CC(=O)NCCCC(=O)NC(C)C)C(=O)CN1C(=O)C=CC1=O. The summed E-state index contributed by atoms with van der Waals surface area (Å²) in [5.74, 6) is -7.66. The first kappa shape index (κ1) is 38.8. The molecule has 2 heterocycles. The molecule has 262 valence electrons. The normalized spacial score (nSPS) is 13.8. The molecule has 2 aliphatic rings. The largest absolute Gasteiger partial charge is 0.354 e. The van der Waals surface area contributed by atoms with Gasteiger partial charge in [0.05, 0.1) is 0 Å². The highest BCUT2D eigenvalue weighted by Gasteiger charge is 2.36. The molecule has 4 N–H and O–H groups in total. The maximum absolute atomic E-state index is 13.6. The van der Waals surface area contributed by atoms with Gasteiger partial charge in [0.15, 0.2) is 0 Å². The number of nitrogens with zero attached hydrogens (tertiary/aromatic N) is 4. The van der Waals surface area contributed by atoms with E-state index in [0.29, 0.717) is 19.8 Å². The van der Waals surface area contributed by atoms with Gasteiger partial charge in [-0.3, -0.25) is 57.7 Å². The predicted octanol–water partition coefficient (Wildman–Crippen LogP) is -2.75. The van der Waals surface area contributed by atoms with Crippen LogP contribution in [0, 0.1) is 0 Å². The van der Waals surface area contributed by atoms with Crippen LogP contribution in [0.4, 0.5) is 0 Å². The van der Waals surface area contributed by atoms with Crippen LogP contribution in [0.5, 0.6) is 0 Å². The van der Waals surface area contributed by atoms with Gasteiger partial charge in [-0.1, -0.05) is 0 Å². The van der Waals surface area contributed by atoms with Crippen LogP contribution >= 0.6 is 0 Å². The molecule has 18 nitrogen and oxygen atoms in total. The molecule has 18 heteroatoms. The number of hydrogen-bond donors (Lipinski definition) is 4. The lowest BCUT2D eigenvalue weighted by atomic mass is 10.2. The molecule has 0 bridgehead atoms. The Hall–Kier alpha value is -5.42. The number of hydrazine groups is 1. The van der Waals surface area contributed by atoms with E-state index in [2.05, 4.69) is 21.3 Å². The molecular formula is C30H42N8O10. The van der Waals surface area contributed by atoms with Crippen molar-refractivity contribution < 1.29 is 47.9 Å². The second kappa shape index (κ2) is 18.7. The average Bonchev–Trinajstić information content (AvgIpc) is 3.48. The Balaban J connectivity index is 2.25. The molecule has 0 fully saturated rings. The van der Waals surface area contributed by atoms with Gasteiger partial charge in [-0.25, -0.2) is 10.0 Å². The summed E-state index contributed by atoms with van der Waals surface area (Å²) in [5.41, 5.74) is 0. The molecule has 0 saturated heterocycles. The fourth-order valence-electron chi connectivity index (χ4n) is 4.35. The third kappa shape index (κ3) is 12.8. The zero-order chi connectivity index (χ0) is 36.0. The number of carbonyl (C=O) groups excluding carboxylic acids is 10. The maximum Gasteiger partial charge on any atom is 0.261 e. The second-order valence-electron chi connectivity index (χ2n) is 11.4. The number of carbonyl (C=O) groups is 10. The molecule has 0 saturated carbocycles. The molecule has 2 aliphatic heterocycles. The molecule has 48 heavy (non-hydrogen) atoms. The van der Waals surface area contributed by atoms with E-state index in [-0.39, 0.29) is 62.7 Å². The van der Waals surface area contributed by atoms with E-state index in [1.807, 2.05) is 0 Å². The highest BCUT2D eigenvalue weighted by atomic mass is 16.2. The summed E-state index contributed by atoms with van der Waals surface area (Å²) in [6.07, 6.45) is 4.34. The Kier molecular flexibility index (Phi) is 15.1. The van der Waals surface area contributed by atoms with Gasteiger partial charge in [-0.2, -0.15) is 0 Å². The van der Waals surface area contributed by atoms with Crippen molar-refractivity contribution >= 4 is 59.1 Å². The van der Waals surface area contributed by atoms with Crippen LogP contribution in [-0.4, -0.2) is 130 Å². The summed E-state index contributed by atoms with van der Waals surface area (Å²) in [5, 5.41) is 11.5. The van der Waals surface area contributed by atoms with Gasteiger partial charge in [0, 0.05) is 62.3 Å². The van der Waals surface area contributed by atoms with Gasteiger partial charge < -0.3 is 21.3 Å². The van der Waals surface area contributed by atoms with E-state index in [9.17, 15) is 47.9 Å². The highest BCUT2D eigenvalue weighted by molar-refractivity contribution is 6.15. The van der Waals surface area contributed by atoms with Gasteiger partial charge in [-0.05, 0) is 40.5 Å². The molecule has 0 spiro atoms. The minimum Gasteiger partial charge on any atom is -0.354 e. The van der Waals surface area contributed by atoms with Gasteiger partial charge in [0.25, 0.3) is 35.4 Å². The highest BCUT2D eigenvalue weighted by Crippen LogP contribution is 2.10. The number of rotatable bonds is 18. The minimum absolute atomic E-state index is 0.000661. The van der Waals surface area contributed by atoms with Gasteiger partial charge in [-0.15, -0.1) is 0 Å². The van der Waals surface area contributed by atoms with Crippen molar-refractivity contribution in [3.63, 3.8) is 0 Å². The molecule has 0 aromatic heterocycles. The average molecular weight is 675 g/mol. The Bertz CT molecular complexity index is 1230. The standard InChI is InChI=1S/C30H42N8O10/c1-19(2)33-21(39)7-5-13-31-23(41)15-37(29(47)17-35-25(43)9-10-26(35)44)38(30(48)18-36-27(45)11-12-28(36)46)16-24(42)32-14-6-8-22(40)34-20(3)4/h9-12,19-20H,5-8,13-18H2,1-4H3,(H,31,41)(H,32,42)(H,33,39)(H,34,40). The van der Waals surface area contributed by atoms with Crippen molar-refractivity contribution in [2.24, 2.45) is 0 Å². The van der Waals surface area contributed by atoms with Crippen molar-refractivity contribution in [1.29, 1.82) is 0 Å². The van der Waals surface area contributed by atoms with Crippen LogP contribution in [0.15, 0.2) is 24.3 Å². The van der Waals surface area contributed by atoms with Gasteiger partial charge in [0.1, 0.15) is 26.2 Å². The first-order chi connectivity index (χ1) is 22.6. The monoisotopic (exact) mass is 674 g/mol. The number of amides is 10. The van der Waals surface area contributed by atoms with E-state index in [1.54, 1.807) is 27.7 Å². The molecule has 2 rings (SSSR count). The maximum atomic E-state index is 13.6. The molecule has 10 amide bonds. The lowest BCUT2D eigenvalue weighted by Gasteiger charge is -2.35. The fraction of sp³-hybridized carbons (Fsp3) is 0.533. The van der Waals surface area contributed by atoms with Crippen molar-refractivity contribution in [3.05, 3.63) is 24.3 Å². The summed E-state index contributed by atoms with van der Waals surface area (Å²) in [4.78, 5) is 127. The van der Waals surface area contributed by atoms with Crippen LogP contribution in [0.2, 0.25) is 0 Å². The van der Waals surface area contributed by atoms with Crippen molar-refractivity contribution in [1.82, 2.24) is 41.1 Å². The lowest BCUT2D eigenvalue weighted by molar-refractivity contribution is -0.170. The van der Waals surface area contributed by atoms with Crippen LogP contribution in [0.3, 0.4) is 0 Å². The first-order valence-corrected chi connectivity index (χ1v) is 15.4. The smallest absolute Gasteiger partial charge is 0.261 e. The predicted molar refractivity (Wildman–Crippen MR) is 166 cm³/mol. The Morgan fingerprint density at radius 3 is 1.17 bits per heavy atom. The third-order valence-corrected chi connectivity index (χ3v) is 6.55. The molecule has 0 aromatic rings. The summed E-state index contributed by atoms with van der Waals surface area (Å²) in [6.45, 7) is 3.57. The minimum atomic E-state index is -1.12. The lowest BCUT2D eigenvalue weighted by Crippen LogP contribution is -2.60. The van der Waals surface area contributed by atoms with E-state index in [0.717, 1.165) is 24.3 Å². The van der Waals surface area contributed by atoms with Crippen LogP contribution in [-0.2, 0) is 47.9 Å². The molecule has 0 aliphatic carbocycles. The zero-order valence-corrected chi connectivity index (χ0v) is 27.4. The molecular weight excluding hydrogens is 632 g/mol. The fourth-order valence-corrected chi connectivity index (χ4v) is 4.35. The Morgan fingerprint density at radius 1 is 0.562 bits per heavy atom. The second-order valence-corrected chi connectivity index (χ2v) is 11.4. The van der Waals surface area contributed by atoms with Crippen molar-refractivity contribution in [2.75, 3.05) is 39.3 Å². The van der Waals surface area contributed by atoms with Crippen LogP contribution < -0.4 is 21.3 Å². The number of hydrogen-bond acceptors (Lipinski definition) is 10.